The lowest BCUT2D eigenvalue weighted by atomic mass is 10.0. The maximum absolute atomic E-state index is 12.4. The van der Waals surface area contributed by atoms with Crippen LogP contribution in [0.5, 0.6) is 5.75 Å². The molecule has 1 heterocycles. The molecular formula is C15H13NO2. The van der Waals surface area contributed by atoms with Crippen LogP contribution in [0.4, 0.5) is 0 Å². The van der Waals surface area contributed by atoms with E-state index in [4.69, 9.17) is 4.74 Å². The highest BCUT2D eigenvalue weighted by molar-refractivity contribution is 6.22. The quantitative estimate of drug-likeness (QED) is 0.655. The lowest BCUT2D eigenvalue weighted by Gasteiger charge is -2.04. The number of nitrogens with zero attached hydrogens (tertiary/aromatic N) is 1. The molecule has 18 heavy (non-hydrogen) atoms. The fourth-order valence-corrected chi connectivity index (χ4v) is 2.54. The number of fused-ring (bicyclic) bond motifs is 3. The highest BCUT2D eigenvalue weighted by atomic mass is 16.5. The smallest absolute Gasteiger partial charge is 0.196 e. The Balaban J connectivity index is 2.32. The maximum Gasteiger partial charge on any atom is 0.196 e. The Labute approximate surface area is 105 Å². The van der Waals surface area contributed by atoms with Crippen molar-refractivity contribution in [3.63, 3.8) is 0 Å². The number of aryl methyl sites for hydroxylation is 2. The molecule has 0 saturated carbocycles. The molecule has 0 atom stereocenters. The number of benzene rings is 1. The summed E-state index contributed by atoms with van der Waals surface area (Å²) in [4.78, 5) is 16.8. The highest BCUT2D eigenvalue weighted by Crippen LogP contribution is 2.39. The molecule has 1 aromatic heterocycles. The van der Waals surface area contributed by atoms with Gasteiger partial charge in [-0.25, -0.2) is 0 Å². The molecule has 1 aliphatic carbocycles. The summed E-state index contributed by atoms with van der Waals surface area (Å²) in [7, 11) is 1.60. The predicted molar refractivity (Wildman–Crippen MR) is 69.1 cm³/mol. The molecule has 0 saturated heterocycles. The Morgan fingerprint density at radius 3 is 2.56 bits per heavy atom. The molecule has 0 amide bonds. The van der Waals surface area contributed by atoms with E-state index in [9.17, 15) is 4.79 Å². The summed E-state index contributed by atoms with van der Waals surface area (Å²) < 4.78 is 5.17. The first-order chi connectivity index (χ1) is 8.61. The molecule has 0 fully saturated rings. The van der Waals surface area contributed by atoms with Crippen molar-refractivity contribution >= 4 is 5.78 Å². The average Bonchev–Trinajstić information content (AvgIpc) is 2.62. The second kappa shape index (κ2) is 3.67. The summed E-state index contributed by atoms with van der Waals surface area (Å²) >= 11 is 0. The third-order valence-corrected chi connectivity index (χ3v) is 3.32. The molecular weight excluding hydrogens is 226 g/mol. The van der Waals surface area contributed by atoms with Gasteiger partial charge in [0.25, 0.3) is 0 Å². The first-order valence-electron chi connectivity index (χ1n) is 5.83. The van der Waals surface area contributed by atoms with Crippen molar-refractivity contribution in [3.05, 3.63) is 46.8 Å². The van der Waals surface area contributed by atoms with Crippen molar-refractivity contribution in [2.45, 2.75) is 13.8 Å². The molecule has 90 valence electrons. The normalized spacial score (nSPS) is 12.3. The summed E-state index contributed by atoms with van der Waals surface area (Å²) in [6.07, 6.45) is 0. The van der Waals surface area contributed by atoms with Crippen molar-refractivity contribution < 1.29 is 9.53 Å². The predicted octanol–water partition coefficient (Wildman–Crippen LogP) is 2.92. The minimum atomic E-state index is 0.0453. The number of carbonyl (C=O) groups excluding carboxylic acids is 1. The molecule has 0 spiro atoms. The van der Waals surface area contributed by atoms with Crippen LogP contribution in [0.3, 0.4) is 0 Å². The van der Waals surface area contributed by atoms with Crippen LogP contribution < -0.4 is 4.74 Å². The molecule has 1 aromatic carbocycles. The number of hydrogen-bond acceptors (Lipinski definition) is 3. The van der Waals surface area contributed by atoms with Crippen LogP contribution in [0.15, 0.2) is 24.3 Å². The summed E-state index contributed by atoms with van der Waals surface area (Å²) in [5.74, 6) is 0.751. The second-order valence-corrected chi connectivity index (χ2v) is 4.51. The molecule has 0 bridgehead atoms. The van der Waals surface area contributed by atoms with E-state index in [0.717, 1.165) is 28.1 Å². The van der Waals surface area contributed by atoms with E-state index < -0.39 is 0 Å². The van der Waals surface area contributed by atoms with Crippen LogP contribution in [0.1, 0.15) is 27.3 Å². The van der Waals surface area contributed by atoms with E-state index >= 15 is 0 Å². The molecule has 0 aliphatic heterocycles. The monoisotopic (exact) mass is 239 g/mol. The lowest BCUT2D eigenvalue weighted by Crippen LogP contribution is -2.01. The molecule has 0 N–H and O–H groups in total. The van der Waals surface area contributed by atoms with Crippen LogP contribution in [0, 0.1) is 13.8 Å². The van der Waals surface area contributed by atoms with Gasteiger partial charge in [0.1, 0.15) is 5.75 Å². The Morgan fingerprint density at radius 1 is 1.06 bits per heavy atom. The number of carbonyl (C=O) groups is 1. The van der Waals surface area contributed by atoms with Gasteiger partial charge in [0.05, 0.1) is 12.7 Å². The minimum Gasteiger partial charge on any atom is -0.497 e. The van der Waals surface area contributed by atoms with Crippen LogP contribution in [0.2, 0.25) is 0 Å². The highest BCUT2D eigenvalue weighted by Gasteiger charge is 2.29. The fourth-order valence-electron chi connectivity index (χ4n) is 2.54. The second-order valence-electron chi connectivity index (χ2n) is 4.51. The zero-order chi connectivity index (χ0) is 12.9. The molecule has 1 aliphatic rings. The molecule has 3 heteroatoms. The Bertz CT molecular complexity index is 674. The van der Waals surface area contributed by atoms with E-state index in [1.54, 1.807) is 13.2 Å². The van der Waals surface area contributed by atoms with Crippen LogP contribution in [-0.2, 0) is 0 Å². The first kappa shape index (κ1) is 11.0. The van der Waals surface area contributed by atoms with Crippen molar-refractivity contribution in [3.8, 4) is 16.9 Å². The number of rotatable bonds is 1. The van der Waals surface area contributed by atoms with Gasteiger partial charge in [-0.3, -0.25) is 9.78 Å². The standard InChI is InChI=1S/C15H13NO2/c1-8-6-12-11-5-4-10(18-3)7-13(11)15(17)14(12)9(2)16-8/h4-7H,1-3H3. The number of pyridine rings is 1. The third-order valence-electron chi connectivity index (χ3n) is 3.32. The summed E-state index contributed by atoms with van der Waals surface area (Å²) in [5.41, 5.74) is 5.13. The third kappa shape index (κ3) is 1.37. The Morgan fingerprint density at radius 2 is 1.83 bits per heavy atom. The topological polar surface area (TPSA) is 39.2 Å². The van der Waals surface area contributed by atoms with Gasteiger partial charge in [0.2, 0.25) is 0 Å². The summed E-state index contributed by atoms with van der Waals surface area (Å²) in [6.45, 7) is 3.83. The first-order valence-corrected chi connectivity index (χ1v) is 5.83. The molecule has 3 nitrogen and oxygen atoms in total. The number of methoxy groups -OCH3 is 1. The van der Waals surface area contributed by atoms with Gasteiger partial charge in [0, 0.05) is 17.0 Å². The van der Waals surface area contributed by atoms with Crippen LogP contribution >= 0.6 is 0 Å². The lowest BCUT2D eigenvalue weighted by molar-refractivity contribution is 0.104. The van der Waals surface area contributed by atoms with E-state index in [1.165, 1.54) is 0 Å². The largest absolute Gasteiger partial charge is 0.497 e. The van der Waals surface area contributed by atoms with E-state index in [1.807, 2.05) is 32.0 Å². The van der Waals surface area contributed by atoms with Crippen molar-refractivity contribution in [1.29, 1.82) is 0 Å². The van der Waals surface area contributed by atoms with Gasteiger partial charge in [-0.1, -0.05) is 0 Å². The number of ketones is 1. The van der Waals surface area contributed by atoms with Gasteiger partial charge < -0.3 is 4.74 Å². The summed E-state index contributed by atoms with van der Waals surface area (Å²) in [5, 5.41) is 0. The molecule has 2 aromatic rings. The Kier molecular flexibility index (Phi) is 2.23. The van der Waals surface area contributed by atoms with Gasteiger partial charge in [0.15, 0.2) is 5.78 Å². The number of aromatic nitrogens is 1. The van der Waals surface area contributed by atoms with Crippen molar-refractivity contribution in [1.82, 2.24) is 4.98 Å². The number of ether oxygens (including phenoxy) is 1. The van der Waals surface area contributed by atoms with Crippen molar-refractivity contribution in [2.24, 2.45) is 0 Å². The van der Waals surface area contributed by atoms with Crippen LogP contribution in [0.25, 0.3) is 11.1 Å². The van der Waals surface area contributed by atoms with E-state index in [0.29, 0.717) is 11.3 Å². The zero-order valence-electron chi connectivity index (χ0n) is 10.6. The van der Waals surface area contributed by atoms with Gasteiger partial charge in [-0.2, -0.15) is 0 Å². The van der Waals surface area contributed by atoms with Gasteiger partial charge in [-0.15, -0.1) is 0 Å². The van der Waals surface area contributed by atoms with E-state index in [2.05, 4.69) is 4.98 Å². The zero-order valence-corrected chi connectivity index (χ0v) is 10.6. The van der Waals surface area contributed by atoms with Crippen molar-refractivity contribution in [2.75, 3.05) is 7.11 Å². The Hall–Kier alpha value is -2.16. The number of hydrogen-bond donors (Lipinski definition) is 0. The van der Waals surface area contributed by atoms with Crippen LogP contribution in [-0.4, -0.2) is 17.9 Å². The van der Waals surface area contributed by atoms with Gasteiger partial charge in [-0.05, 0) is 49.2 Å². The average molecular weight is 239 g/mol. The maximum atomic E-state index is 12.4. The van der Waals surface area contributed by atoms with E-state index in [-0.39, 0.29) is 5.78 Å². The summed E-state index contributed by atoms with van der Waals surface area (Å²) in [6, 6.07) is 7.59. The SMILES string of the molecule is COc1ccc2c(c1)C(=O)c1c-2cc(C)nc1C. The molecule has 0 unspecified atom stereocenters. The molecule has 3 rings (SSSR count). The molecule has 0 radical (unpaired) electrons. The van der Waals surface area contributed by atoms with Gasteiger partial charge >= 0.3 is 0 Å². The minimum absolute atomic E-state index is 0.0453. The fraction of sp³-hybridized carbons (Fsp3) is 0.200.